The fourth-order valence-corrected chi connectivity index (χ4v) is 6.47. The molecule has 0 aromatic rings. The van der Waals surface area contributed by atoms with E-state index in [-0.39, 0.29) is 0 Å². The largest absolute Gasteiger partial charge is 0.459 e. The lowest BCUT2D eigenvalue weighted by Crippen LogP contribution is -2.56. The quantitative estimate of drug-likeness (QED) is 0.408. The van der Waals surface area contributed by atoms with Crippen molar-refractivity contribution in [2.75, 3.05) is 19.4 Å². The second kappa shape index (κ2) is 8.22. The topological polar surface area (TPSA) is 88.1 Å². The molecule has 1 saturated heterocycles. The Balaban J connectivity index is 3.28. The number of carbonyl (C=O) groups excluding carboxylic acids is 3. The Kier molecular flexibility index (Phi) is 7.17. The number of hydrogen-bond donors (Lipinski definition) is 0. The van der Waals surface area contributed by atoms with Crippen molar-refractivity contribution < 1.29 is 33.3 Å². The van der Waals surface area contributed by atoms with Crippen LogP contribution in [0.4, 0.5) is 0 Å². The lowest BCUT2D eigenvalue weighted by molar-refractivity contribution is -0.184. The van der Waals surface area contributed by atoms with E-state index in [4.69, 9.17) is 30.8 Å². The number of carbonyl (C=O) groups is 3. The molecular formula is C14H23O7PS. The average molecular weight is 366 g/mol. The minimum absolute atomic E-state index is 0.368. The third kappa shape index (κ3) is 4.99. The maximum absolute atomic E-state index is 11.5. The van der Waals surface area contributed by atoms with Gasteiger partial charge in [0.25, 0.3) is 0 Å². The van der Waals surface area contributed by atoms with Crippen LogP contribution >= 0.6 is 6.04 Å². The molecule has 132 valence electrons. The van der Waals surface area contributed by atoms with Crippen molar-refractivity contribution in [2.45, 2.75) is 51.9 Å². The summed E-state index contributed by atoms with van der Waals surface area (Å²) in [5, 5.41) is 0. The van der Waals surface area contributed by atoms with Crippen molar-refractivity contribution in [2.24, 2.45) is 0 Å². The van der Waals surface area contributed by atoms with Gasteiger partial charge in [0.2, 0.25) is 0 Å². The van der Waals surface area contributed by atoms with Crippen molar-refractivity contribution in [3.8, 4) is 0 Å². The Morgan fingerprint density at radius 3 is 1.91 bits per heavy atom. The van der Waals surface area contributed by atoms with Crippen LogP contribution < -0.4 is 0 Å². The lowest BCUT2D eigenvalue weighted by Gasteiger charge is -2.45. The van der Waals surface area contributed by atoms with Crippen LogP contribution in [-0.2, 0) is 45.1 Å². The molecule has 0 spiro atoms. The zero-order valence-corrected chi connectivity index (χ0v) is 15.6. The van der Waals surface area contributed by atoms with E-state index in [0.29, 0.717) is 12.3 Å². The van der Waals surface area contributed by atoms with Gasteiger partial charge in [-0.15, -0.1) is 0 Å². The minimum Gasteiger partial charge on any atom is -0.459 e. The normalized spacial score (nSPS) is 33.6. The van der Waals surface area contributed by atoms with Gasteiger partial charge < -0.3 is 18.9 Å². The van der Waals surface area contributed by atoms with Crippen LogP contribution in [0.15, 0.2) is 0 Å². The van der Waals surface area contributed by atoms with Crippen LogP contribution in [0.3, 0.4) is 0 Å². The highest BCUT2D eigenvalue weighted by atomic mass is 32.4. The lowest BCUT2D eigenvalue weighted by atomic mass is 10.1. The number of esters is 3. The van der Waals surface area contributed by atoms with E-state index < -0.39 is 48.1 Å². The van der Waals surface area contributed by atoms with Crippen LogP contribution in [-0.4, -0.2) is 61.5 Å². The molecule has 9 heteroatoms. The summed E-state index contributed by atoms with van der Waals surface area (Å²) < 4.78 is 21.5. The van der Waals surface area contributed by atoms with Gasteiger partial charge in [0.15, 0.2) is 11.9 Å². The van der Waals surface area contributed by atoms with Gasteiger partial charge in [0.05, 0.1) is 0 Å². The third-order valence-corrected chi connectivity index (χ3v) is 8.86. The first kappa shape index (κ1) is 20.1. The molecule has 0 aromatic heterocycles. The van der Waals surface area contributed by atoms with Gasteiger partial charge in [0, 0.05) is 40.1 Å². The van der Waals surface area contributed by atoms with Gasteiger partial charge in [-0.3, -0.25) is 14.4 Å². The first-order valence-electron chi connectivity index (χ1n) is 7.26. The number of hydrogen-bond acceptors (Lipinski definition) is 8. The highest BCUT2D eigenvalue weighted by Crippen LogP contribution is 2.58. The second-order valence-electron chi connectivity index (χ2n) is 5.37. The summed E-state index contributed by atoms with van der Waals surface area (Å²) in [6, 6.07) is -2.28. The van der Waals surface area contributed by atoms with E-state index in [9.17, 15) is 14.4 Å². The molecule has 0 aromatic carbocycles. The van der Waals surface area contributed by atoms with E-state index in [1.165, 1.54) is 27.9 Å². The summed E-state index contributed by atoms with van der Waals surface area (Å²) in [5.74, 6) is -2.27. The van der Waals surface area contributed by atoms with E-state index >= 15 is 0 Å². The summed E-state index contributed by atoms with van der Waals surface area (Å²) in [4.78, 5) is 34.3. The van der Waals surface area contributed by atoms with Gasteiger partial charge in [-0.1, -0.05) is 18.7 Å². The number of rotatable bonds is 5. The summed E-state index contributed by atoms with van der Waals surface area (Å²) in [6.07, 6.45) is -1.33. The molecule has 1 heterocycles. The minimum atomic E-state index is -2.28. The monoisotopic (exact) mass is 366 g/mol. The van der Waals surface area contributed by atoms with Gasteiger partial charge in [-0.05, 0) is 6.16 Å². The van der Waals surface area contributed by atoms with Crippen molar-refractivity contribution in [3.05, 3.63) is 0 Å². The van der Waals surface area contributed by atoms with Crippen LogP contribution in [0.5, 0.6) is 0 Å². The molecule has 0 bridgehead atoms. The predicted molar refractivity (Wildman–Crippen MR) is 87.2 cm³/mol. The van der Waals surface area contributed by atoms with E-state index in [2.05, 4.69) is 0 Å². The van der Waals surface area contributed by atoms with E-state index in [0.717, 1.165) is 0 Å². The Bertz CT molecular complexity index is 521. The Hall–Kier alpha value is -0.980. The van der Waals surface area contributed by atoms with Crippen molar-refractivity contribution in [3.63, 3.8) is 0 Å². The zero-order chi connectivity index (χ0) is 17.8. The maximum Gasteiger partial charge on any atom is 0.303 e. The van der Waals surface area contributed by atoms with Crippen LogP contribution in [0.2, 0.25) is 0 Å². The summed E-state index contributed by atoms with van der Waals surface area (Å²) in [5.41, 5.74) is 0. The molecule has 0 radical (unpaired) electrons. The standard InChI is InChI=1S/C14H23O7PS/c1-6-22(23)7-11(19-8(2)15)12(18-5)13(20-9(3)16)14(22)21-10(4)17/h11-14H,6-7H2,1-5H3/t11-,12+,13-,14-,22+/m1/s1. The average Bonchev–Trinajstić information content (AvgIpc) is 2.42. The maximum atomic E-state index is 11.5. The van der Waals surface area contributed by atoms with Gasteiger partial charge >= 0.3 is 17.9 Å². The Morgan fingerprint density at radius 1 is 1.00 bits per heavy atom. The third-order valence-electron chi connectivity index (χ3n) is 3.64. The molecule has 23 heavy (non-hydrogen) atoms. The predicted octanol–water partition coefficient (Wildman–Crippen LogP) is 1.27. The molecule has 1 fully saturated rings. The molecule has 5 atom stereocenters. The molecule has 0 aliphatic carbocycles. The Morgan fingerprint density at radius 2 is 1.52 bits per heavy atom. The molecule has 1 rings (SSSR count). The smallest absolute Gasteiger partial charge is 0.303 e. The molecule has 1 aliphatic heterocycles. The molecule has 7 nitrogen and oxygen atoms in total. The first-order valence-corrected chi connectivity index (χ1v) is 10.5. The molecule has 1 aliphatic rings. The number of ether oxygens (including phenoxy) is 4. The number of methoxy groups -OCH3 is 1. The molecule has 0 unspecified atom stereocenters. The molecular weight excluding hydrogens is 343 g/mol. The second-order valence-corrected chi connectivity index (χ2v) is 11.0. The summed E-state index contributed by atoms with van der Waals surface area (Å²) >= 11 is 5.75. The summed E-state index contributed by atoms with van der Waals surface area (Å²) in [6.45, 7) is 5.71. The molecule has 0 saturated carbocycles. The fourth-order valence-electron chi connectivity index (χ4n) is 2.72. The fraction of sp³-hybridized carbons (Fsp3) is 0.786. The molecule has 0 N–H and O–H groups in total. The van der Waals surface area contributed by atoms with Gasteiger partial charge in [0.1, 0.15) is 12.2 Å². The van der Waals surface area contributed by atoms with Crippen molar-refractivity contribution in [1.29, 1.82) is 0 Å². The van der Waals surface area contributed by atoms with E-state index in [1.54, 1.807) is 0 Å². The summed E-state index contributed by atoms with van der Waals surface area (Å²) in [7, 11) is 1.42. The van der Waals surface area contributed by atoms with Crippen LogP contribution in [0.1, 0.15) is 27.7 Å². The molecule has 0 amide bonds. The van der Waals surface area contributed by atoms with Crippen molar-refractivity contribution >= 4 is 35.8 Å². The first-order chi connectivity index (χ1) is 10.6. The van der Waals surface area contributed by atoms with Crippen molar-refractivity contribution in [1.82, 2.24) is 0 Å². The SMILES string of the molecule is CC[P@]1(=S)C[C@@H](OC(C)=O)[C@H](OC)[C@@H](OC(C)=O)[C@@H]1OC(C)=O. The highest BCUT2D eigenvalue weighted by molar-refractivity contribution is 8.15. The zero-order valence-electron chi connectivity index (χ0n) is 13.9. The van der Waals surface area contributed by atoms with Crippen LogP contribution in [0.25, 0.3) is 0 Å². The Labute approximate surface area is 141 Å². The van der Waals surface area contributed by atoms with Crippen LogP contribution in [0, 0.1) is 0 Å². The van der Waals surface area contributed by atoms with Gasteiger partial charge in [-0.25, -0.2) is 0 Å². The van der Waals surface area contributed by atoms with E-state index in [1.807, 2.05) is 6.92 Å². The van der Waals surface area contributed by atoms with Gasteiger partial charge in [-0.2, -0.15) is 0 Å². The highest BCUT2D eigenvalue weighted by Gasteiger charge is 2.53.